The van der Waals surface area contributed by atoms with Crippen molar-refractivity contribution in [3.8, 4) is 17.2 Å². The molecule has 1 aliphatic heterocycles. The molecule has 0 radical (unpaired) electrons. The summed E-state index contributed by atoms with van der Waals surface area (Å²) in [5.41, 5.74) is 11.4. The van der Waals surface area contributed by atoms with Crippen LogP contribution in [0.2, 0.25) is 0 Å². The minimum Gasteiger partial charge on any atom is -0.493 e. The van der Waals surface area contributed by atoms with Crippen LogP contribution in [0.1, 0.15) is 75.7 Å². The molecule has 2 aliphatic rings. The summed E-state index contributed by atoms with van der Waals surface area (Å²) in [5.74, 6) is -0.974. The van der Waals surface area contributed by atoms with Crippen LogP contribution in [0.5, 0.6) is 17.2 Å². The molecule has 11 nitrogen and oxygen atoms in total. The van der Waals surface area contributed by atoms with Crippen molar-refractivity contribution in [3.05, 3.63) is 17.7 Å². The van der Waals surface area contributed by atoms with Crippen molar-refractivity contribution >= 4 is 23.6 Å². The zero-order chi connectivity index (χ0) is 28.5. The molecule has 39 heavy (non-hydrogen) atoms. The summed E-state index contributed by atoms with van der Waals surface area (Å²) in [6, 6.07) is 1.84. The molecule has 216 valence electrons. The van der Waals surface area contributed by atoms with Gasteiger partial charge in [-0.1, -0.05) is 19.3 Å². The molecule has 1 saturated carbocycles. The number of amides is 4. The van der Waals surface area contributed by atoms with E-state index in [-0.39, 0.29) is 24.7 Å². The maximum Gasteiger partial charge on any atom is 0.243 e. The lowest BCUT2D eigenvalue weighted by Gasteiger charge is -2.40. The van der Waals surface area contributed by atoms with Gasteiger partial charge in [-0.3, -0.25) is 19.2 Å². The SMILES string of the molecule is COc1cc(C(C(=O)N2CCCC[C@H]2C(=O)N[C@H](CCC(N)=O)C(N)=O)C2CCCCC2)cc(OC)c1OC. The maximum absolute atomic E-state index is 14.4. The van der Waals surface area contributed by atoms with E-state index in [0.29, 0.717) is 30.2 Å². The molecule has 1 saturated heterocycles. The first-order valence-electron chi connectivity index (χ1n) is 13.7. The molecule has 5 N–H and O–H groups in total. The lowest BCUT2D eigenvalue weighted by Crippen LogP contribution is -2.57. The van der Waals surface area contributed by atoms with E-state index in [0.717, 1.165) is 50.5 Å². The number of nitrogens with zero attached hydrogens (tertiary/aromatic N) is 1. The highest BCUT2D eigenvalue weighted by atomic mass is 16.5. The van der Waals surface area contributed by atoms with Crippen LogP contribution >= 0.6 is 0 Å². The van der Waals surface area contributed by atoms with E-state index in [1.165, 1.54) is 21.3 Å². The predicted octanol–water partition coefficient (Wildman–Crippen LogP) is 1.99. The molecule has 0 aromatic heterocycles. The van der Waals surface area contributed by atoms with Crippen molar-refractivity contribution in [1.29, 1.82) is 0 Å². The number of hydrogen-bond acceptors (Lipinski definition) is 7. The van der Waals surface area contributed by atoms with E-state index in [9.17, 15) is 19.2 Å². The fraction of sp³-hybridized carbons (Fsp3) is 0.643. The Balaban J connectivity index is 1.95. The molecule has 1 aromatic carbocycles. The molecule has 11 heteroatoms. The average Bonchev–Trinajstić information content (AvgIpc) is 2.94. The molecular formula is C28H42N4O7. The first kappa shape index (κ1) is 30.0. The number of carbonyl (C=O) groups is 4. The lowest BCUT2D eigenvalue weighted by molar-refractivity contribution is -0.145. The second-order valence-electron chi connectivity index (χ2n) is 10.3. The van der Waals surface area contributed by atoms with E-state index in [4.69, 9.17) is 25.7 Å². The largest absolute Gasteiger partial charge is 0.493 e. The predicted molar refractivity (Wildman–Crippen MR) is 144 cm³/mol. The Bertz CT molecular complexity index is 1020. The number of rotatable bonds is 12. The molecule has 4 amide bonds. The quantitative estimate of drug-likeness (QED) is 0.361. The zero-order valence-electron chi connectivity index (χ0n) is 23.2. The summed E-state index contributed by atoms with van der Waals surface area (Å²) >= 11 is 0. The minimum absolute atomic E-state index is 0.00715. The second kappa shape index (κ2) is 14.0. The Morgan fingerprint density at radius 3 is 2.08 bits per heavy atom. The summed E-state index contributed by atoms with van der Waals surface area (Å²) < 4.78 is 16.6. The lowest BCUT2D eigenvalue weighted by atomic mass is 9.75. The van der Waals surface area contributed by atoms with Gasteiger partial charge in [0, 0.05) is 13.0 Å². The van der Waals surface area contributed by atoms with Crippen LogP contribution in [-0.4, -0.2) is 68.5 Å². The number of ether oxygens (including phenoxy) is 3. The minimum atomic E-state index is -1.05. The van der Waals surface area contributed by atoms with E-state index in [2.05, 4.69) is 5.32 Å². The van der Waals surface area contributed by atoms with Gasteiger partial charge < -0.3 is 35.9 Å². The number of piperidine rings is 1. The third-order valence-corrected chi connectivity index (χ3v) is 7.86. The van der Waals surface area contributed by atoms with Crippen LogP contribution in [0.4, 0.5) is 0 Å². The monoisotopic (exact) mass is 546 g/mol. The van der Waals surface area contributed by atoms with E-state index in [1.807, 2.05) is 12.1 Å². The topological polar surface area (TPSA) is 163 Å². The highest BCUT2D eigenvalue weighted by Gasteiger charge is 2.40. The van der Waals surface area contributed by atoms with Crippen LogP contribution in [0.3, 0.4) is 0 Å². The van der Waals surface area contributed by atoms with Crippen LogP contribution in [0, 0.1) is 5.92 Å². The standard InChI is InChI=1S/C28H42N4O7/c1-37-21-15-18(16-22(38-2)25(21)39-3)24(17-9-5-4-6-10-17)28(36)32-14-8-7-11-20(32)27(35)31-19(26(30)34)12-13-23(29)33/h15-17,19-20,24H,4-14H2,1-3H3,(H2,29,33)(H2,30,34)(H,31,35)/t19-,20+,24?/m1/s1. The van der Waals surface area contributed by atoms with Crippen LogP contribution in [0.25, 0.3) is 0 Å². The van der Waals surface area contributed by atoms with Crippen LogP contribution in [0.15, 0.2) is 12.1 Å². The highest BCUT2D eigenvalue weighted by molar-refractivity contribution is 5.93. The molecule has 1 aliphatic carbocycles. The summed E-state index contributed by atoms with van der Waals surface area (Å²) in [6.45, 7) is 0.424. The fourth-order valence-corrected chi connectivity index (χ4v) is 5.85. The second-order valence-corrected chi connectivity index (χ2v) is 10.3. The molecule has 0 bridgehead atoms. The molecule has 1 heterocycles. The van der Waals surface area contributed by atoms with Gasteiger partial charge in [0.25, 0.3) is 0 Å². The number of carbonyl (C=O) groups excluding carboxylic acids is 4. The molecule has 2 fully saturated rings. The number of hydrogen-bond donors (Lipinski definition) is 3. The molecule has 1 unspecified atom stereocenters. The van der Waals surface area contributed by atoms with Gasteiger partial charge in [-0.15, -0.1) is 0 Å². The van der Waals surface area contributed by atoms with Crippen molar-refractivity contribution in [2.75, 3.05) is 27.9 Å². The third kappa shape index (κ3) is 7.33. The van der Waals surface area contributed by atoms with Crippen LogP contribution < -0.4 is 31.0 Å². The number of primary amides is 2. The zero-order valence-corrected chi connectivity index (χ0v) is 23.2. The van der Waals surface area contributed by atoms with E-state index in [1.54, 1.807) is 4.90 Å². The smallest absolute Gasteiger partial charge is 0.243 e. The number of nitrogens with one attached hydrogen (secondary N) is 1. The van der Waals surface area contributed by atoms with Gasteiger partial charge in [-0.2, -0.15) is 0 Å². The first-order valence-corrected chi connectivity index (χ1v) is 13.7. The molecule has 3 rings (SSSR count). The van der Waals surface area contributed by atoms with Gasteiger partial charge in [-0.05, 0) is 62.1 Å². The Morgan fingerprint density at radius 2 is 1.54 bits per heavy atom. The number of benzene rings is 1. The number of likely N-dealkylation sites (tertiary alicyclic amines) is 1. The maximum atomic E-state index is 14.4. The van der Waals surface area contributed by atoms with Crippen LogP contribution in [-0.2, 0) is 19.2 Å². The molecule has 1 aromatic rings. The van der Waals surface area contributed by atoms with Crippen molar-refractivity contribution in [2.45, 2.75) is 82.2 Å². The number of nitrogens with two attached hydrogens (primary N) is 2. The van der Waals surface area contributed by atoms with Gasteiger partial charge in [0.1, 0.15) is 12.1 Å². The summed E-state index contributed by atoms with van der Waals surface area (Å²) in [5, 5.41) is 2.66. The Hall–Kier alpha value is -3.50. The van der Waals surface area contributed by atoms with Crippen molar-refractivity contribution < 1.29 is 33.4 Å². The molecular weight excluding hydrogens is 504 g/mol. The molecule has 0 spiro atoms. The first-order chi connectivity index (χ1) is 18.7. The van der Waals surface area contributed by atoms with Crippen molar-refractivity contribution in [3.63, 3.8) is 0 Å². The summed E-state index contributed by atoms with van der Waals surface area (Å²) in [6.07, 6.45) is 6.90. The number of methoxy groups -OCH3 is 3. The van der Waals surface area contributed by atoms with E-state index < -0.39 is 35.7 Å². The van der Waals surface area contributed by atoms with E-state index >= 15 is 0 Å². The average molecular weight is 547 g/mol. The Morgan fingerprint density at radius 1 is 0.923 bits per heavy atom. The highest BCUT2D eigenvalue weighted by Crippen LogP contribution is 2.45. The Labute approximate surface area is 229 Å². The Kier molecular flexibility index (Phi) is 10.8. The van der Waals surface area contributed by atoms with Gasteiger partial charge in [0.05, 0.1) is 27.2 Å². The van der Waals surface area contributed by atoms with Gasteiger partial charge in [0.2, 0.25) is 29.4 Å². The normalized spacial score (nSPS) is 19.5. The van der Waals surface area contributed by atoms with Crippen molar-refractivity contribution in [1.82, 2.24) is 10.2 Å². The van der Waals surface area contributed by atoms with Crippen molar-refractivity contribution in [2.24, 2.45) is 17.4 Å². The van der Waals surface area contributed by atoms with Gasteiger partial charge in [-0.25, -0.2) is 0 Å². The molecule has 3 atom stereocenters. The summed E-state index contributed by atoms with van der Waals surface area (Å²) in [4.78, 5) is 52.6. The fourth-order valence-electron chi connectivity index (χ4n) is 5.85. The third-order valence-electron chi connectivity index (χ3n) is 7.86. The van der Waals surface area contributed by atoms with Gasteiger partial charge >= 0.3 is 0 Å². The van der Waals surface area contributed by atoms with Gasteiger partial charge in [0.15, 0.2) is 11.5 Å². The summed E-state index contributed by atoms with van der Waals surface area (Å²) in [7, 11) is 4.61.